The number of hydrogen-bond acceptors (Lipinski definition) is 4. The normalized spacial score (nSPS) is 10.8. The fourth-order valence-electron chi connectivity index (χ4n) is 2.87. The van der Waals surface area contributed by atoms with E-state index in [1.165, 1.54) is 4.68 Å². The highest BCUT2D eigenvalue weighted by Crippen LogP contribution is 2.16. The largest absolute Gasteiger partial charge is 0.383 e. The Kier molecular flexibility index (Phi) is 5.43. The van der Waals surface area contributed by atoms with Crippen LogP contribution in [0.5, 0.6) is 0 Å². The van der Waals surface area contributed by atoms with E-state index in [1.54, 1.807) is 43.3 Å². The first kappa shape index (κ1) is 17.8. The maximum absolute atomic E-state index is 13.2. The van der Waals surface area contributed by atoms with Crippen LogP contribution in [0.3, 0.4) is 0 Å². The van der Waals surface area contributed by atoms with Gasteiger partial charge in [-0.15, -0.1) is 0 Å². The molecule has 6 nitrogen and oxygen atoms in total. The van der Waals surface area contributed by atoms with E-state index in [1.807, 2.05) is 30.3 Å². The molecule has 0 aliphatic carbocycles. The monoisotopic (exact) mass is 351 g/mol. The summed E-state index contributed by atoms with van der Waals surface area (Å²) in [5.41, 5.74) is 1.07. The van der Waals surface area contributed by atoms with Gasteiger partial charge in [0, 0.05) is 32.6 Å². The molecule has 1 heterocycles. The molecule has 2 aromatic carbocycles. The lowest BCUT2D eigenvalue weighted by atomic mass is 10.1. The number of carbonyl (C=O) groups is 1. The van der Waals surface area contributed by atoms with Crippen molar-refractivity contribution in [2.75, 3.05) is 20.3 Å². The molecule has 1 amide bonds. The van der Waals surface area contributed by atoms with Crippen molar-refractivity contribution in [3.8, 4) is 0 Å². The minimum absolute atomic E-state index is 0.219. The summed E-state index contributed by atoms with van der Waals surface area (Å²) in [6, 6.07) is 16.8. The Morgan fingerprint density at radius 3 is 2.42 bits per heavy atom. The molecule has 0 unspecified atom stereocenters. The zero-order chi connectivity index (χ0) is 18.5. The molecule has 6 heteroatoms. The summed E-state index contributed by atoms with van der Waals surface area (Å²) in [4.78, 5) is 27.2. The number of benzene rings is 2. The first-order chi connectivity index (χ1) is 12.6. The first-order valence-electron chi connectivity index (χ1n) is 8.40. The Balaban J connectivity index is 2.02. The van der Waals surface area contributed by atoms with Crippen LogP contribution in [0, 0.1) is 0 Å². The Bertz CT molecular complexity index is 967. The van der Waals surface area contributed by atoms with Crippen molar-refractivity contribution in [3.63, 3.8) is 0 Å². The third-order valence-electron chi connectivity index (χ3n) is 4.23. The fourth-order valence-corrected chi connectivity index (χ4v) is 2.87. The lowest BCUT2D eigenvalue weighted by Gasteiger charge is -2.23. The van der Waals surface area contributed by atoms with Gasteiger partial charge in [0.05, 0.1) is 12.0 Å². The van der Waals surface area contributed by atoms with E-state index in [9.17, 15) is 9.59 Å². The summed E-state index contributed by atoms with van der Waals surface area (Å²) in [5.74, 6) is -0.224. The summed E-state index contributed by atoms with van der Waals surface area (Å²) in [6.07, 6.45) is 0. The quantitative estimate of drug-likeness (QED) is 0.683. The van der Waals surface area contributed by atoms with E-state index in [0.717, 1.165) is 5.56 Å². The van der Waals surface area contributed by atoms with Gasteiger partial charge in [0.2, 0.25) is 0 Å². The molecule has 1 aromatic heterocycles. The van der Waals surface area contributed by atoms with Gasteiger partial charge in [-0.1, -0.05) is 48.5 Å². The Morgan fingerprint density at radius 1 is 1.08 bits per heavy atom. The number of amides is 1. The van der Waals surface area contributed by atoms with Crippen molar-refractivity contribution in [2.45, 2.75) is 6.54 Å². The van der Waals surface area contributed by atoms with E-state index in [-0.39, 0.29) is 17.2 Å². The molecular formula is C20H21N3O3. The molecule has 3 rings (SSSR count). The number of fused-ring (bicyclic) bond motifs is 1. The van der Waals surface area contributed by atoms with Crippen molar-refractivity contribution in [2.24, 2.45) is 7.05 Å². The van der Waals surface area contributed by atoms with Crippen LogP contribution in [0.1, 0.15) is 16.1 Å². The number of rotatable bonds is 6. The van der Waals surface area contributed by atoms with Crippen LogP contribution in [0.25, 0.3) is 10.8 Å². The number of nitrogens with zero attached hydrogens (tertiary/aromatic N) is 3. The van der Waals surface area contributed by atoms with Crippen LogP contribution >= 0.6 is 0 Å². The predicted octanol–water partition coefficient (Wildman–Crippen LogP) is 2.22. The molecule has 0 aliphatic rings. The molecule has 0 saturated heterocycles. The molecule has 0 atom stereocenters. The molecule has 0 fully saturated rings. The Hall–Kier alpha value is -2.99. The first-order valence-corrected chi connectivity index (χ1v) is 8.40. The summed E-state index contributed by atoms with van der Waals surface area (Å²) in [6.45, 7) is 1.30. The summed E-state index contributed by atoms with van der Waals surface area (Å²) >= 11 is 0. The van der Waals surface area contributed by atoms with E-state index in [2.05, 4.69) is 5.10 Å². The number of aryl methyl sites for hydroxylation is 1. The van der Waals surface area contributed by atoms with Crippen LogP contribution in [0.2, 0.25) is 0 Å². The average molecular weight is 351 g/mol. The maximum atomic E-state index is 13.2. The van der Waals surface area contributed by atoms with Crippen molar-refractivity contribution in [1.82, 2.24) is 14.7 Å². The third-order valence-corrected chi connectivity index (χ3v) is 4.23. The SMILES string of the molecule is COCCN(Cc1ccccc1)C(=O)c1nn(C)c(=O)c2ccccc12. The molecule has 0 N–H and O–H groups in total. The number of hydrogen-bond donors (Lipinski definition) is 0. The third kappa shape index (κ3) is 3.65. The lowest BCUT2D eigenvalue weighted by Crippen LogP contribution is -2.35. The smallest absolute Gasteiger partial charge is 0.275 e. The van der Waals surface area contributed by atoms with Crippen LogP contribution in [-0.2, 0) is 18.3 Å². The summed E-state index contributed by atoms with van der Waals surface area (Å²) in [7, 11) is 3.16. The highest BCUT2D eigenvalue weighted by molar-refractivity contribution is 6.04. The molecule has 134 valence electrons. The zero-order valence-corrected chi connectivity index (χ0v) is 14.9. The Labute approximate surface area is 151 Å². The number of methoxy groups -OCH3 is 1. The van der Waals surface area contributed by atoms with Gasteiger partial charge in [-0.3, -0.25) is 9.59 Å². The van der Waals surface area contributed by atoms with Crippen molar-refractivity contribution < 1.29 is 9.53 Å². The van der Waals surface area contributed by atoms with E-state index in [4.69, 9.17) is 4.74 Å². The number of ether oxygens (including phenoxy) is 1. The predicted molar refractivity (Wildman–Crippen MR) is 100 cm³/mol. The van der Waals surface area contributed by atoms with E-state index >= 15 is 0 Å². The van der Waals surface area contributed by atoms with Gasteiger partial charge in [-0.05, 0) is 11.6 Å². The molecule has 3 aromatic rings. The zero-order valence-electron chi connectivity index (χ0n) is 14.9. The molecular weight excluding hydrogens is 330 g/mol. The van der Waals surface area contributed by atoms with Gasteiger partial charge in [-0.2, -0.15) is 5.10 Å². The highest BCUT2D eigenvalue weighted by Gasteiger charge is 2.21. The van der Waals surface area contributed by atoms with Gasteiger partial charge in [0.15, 0.2) is 5.69 Å². The van der Waals surface area contributed by atoms with Gasteiger partial charge in [0.25, 0.3) is 11.5 Å². The van der Waals surface area contributed by atoms with E-state index in [0.29, 0.717) is 30.5 Å². The lowest BCUT2D eigenvalue weighted by molar-refractivity contribution is 0.0674. The standard InChI is InChI=1S/C20H21N3O3/c1-22-19(24)17-11-7-6-10-16(17)18(21-22)20(25)23(12-13-26-2)14-15-8-4-3-5-9-15/h3-11H,12-14H2,1-2H3. The second-order valence-electron chi connectivity index (χ2n) is 6.03. The Morgan fingerprint density at radius 2 is 1.73 bits per heavy atom. The topological polar surface area (TPSA) is 64.4 Å². The molecule has 0 saturated carbocycles. The second-order valence-corrected chi connectivity index (χ2v) is 6.03. The van der Waals surface area contributed by atoms with Gasteiger partial charge in [-0.25, -0.2) is 4.68 Å². The van der Waals surface area contributed by atoms with Crippen molar-refractivity contribution in [3.05, 3.63) is 76.2 Å². The minimum Gasteiger partial charge on any atom is -0.383 e. The molecule has 0 radical (unpaired) electrons. The molecule has 0 spiro atoms. The second kappa shape index (κ2) is 7.93. The van der Waals surface area contributed by atoms with Crippen LogP contribution < -0.4 is 5.56 Å². The maximum Gasteiger partial charge on any atom is 0.275 e. The van der Waals surface area contributed by atoms with Gasteiger partial charge < -0.3 is 9.64 Å². The van der Waals surface area contributed by atoms with Crippen LogP contribution in [0.15, 0.2) is 59.4 Å². The van der Waals surface area contributed by atoms with Gasteiger partial charge in [0.1, 0.15) is 0 Å². The number of carbonyl (C=O) groups excluding carboxylic acids is 1. The van der Waals surface area contributed by atoms with Crippen molar-refractivity contribution >= 4 is 16.7 Å². The van der Waals surface area contributed by atoms with Crippen molar-refractivity contribution in [1.29, 1.82) is 0 Å². The number of aromatic nitrogens is 2. The van der Waals surface area contributed by atoms with E-state index < -0.39 is 0 Å². The molecule has 0 aliphatic heterocycles. The fraction of sp³-hybridized carbons (Fsp3) is 0.250. The van der Waals surface area contributed by atoms with Crippen LogP contribution in [-0.4, -0.2) is 40.8 Å². The summed E-state index contributed by atoms with van der Waals surface area (Å²) in [5, 5.41) is 5.30. The van der Waals surface area contributed by atoms with Crippen LogP contribution in [0.4, 0.5) is 0 Å². The minimum atomic E-state index is -0.224. The highest BCUT2D eigenvalue weighted by atomic mass is 16.5. The van der Waals surface area contributed by atoms with Gasteiger partial charge >= 0.3 is 0 Å². The average Bonchev–Trinajstić information content (AvgIpc) is 2.68. The summed E-state index contributed by atoms with van der Waals surface area (Å²) < 4.78 is 6.37. The molecule has 26 heavy (non-hydrogen) atoms. The molecule has 0 bridgehead atoms.